The lowest BCUT2D eigenvalue weighted by atomic mass is 9.83. The second kappa shape index (κ2) is 4.59. The number of aliphatic hydroxyl groups is 1. The van der Waals surface area contributed by atoms with Gasteiger partial charge in [0.1, 0.15) is 11.6 Å². The highest BCUT2D eigenvalue weighted by Gasteiger charge is 2.27. The van der Waals surface area contributed by atoms with Crippen LogP contribution < -0.4 is 10.5 Å². The maximum absolute atomic E-state index is 13.7. The Morgan fingerprint density at radius 3 is 2.60 bits per heavy atom. The van der Waals surface area contributed by atoms with E-state index in [0.717, 1.165) is 0 Å². The van der Waals surface area contributed by atoms with Crippen LogP contribution in [0.4, 0.5) is 4.39 Å². The molecule has 3 nitrogen and oxygen atoms in total. The summed E-state index contributed by atoms with van der Waals surface area (Å²) in [4.78, 5) is 0. The van der Waals surface area contributed by atoms with Gasteiger partial charge in [0.25, 0.3) is 0 Å². The van der Waals surface area contributed by atoms with Crippen LogP contribution >= 0.6 is 0 Å². The van der Waals surface area contributed by atoms with Gasteiger partial charge in [-0.25, -0.2) is 4.39 Å². The molecule has 0 aliphatic carbocycles. The number of aliphatic hydroxyl groups excluding tert-OH is 1. The lowest BCUT2D eigenvalue weighted by molar-refractivity contribution is 0.206. The van der Waals surface area contributed by atoms with Gasteiger partial charge in [-0.2, -0.15) is 0 Å². The maximum atomic E-state index is 13.7. The Morgan fingerprint density at radius 1 is 1.53 bits per heavy atom. The van der Waals surface area contributed by atoms with Gasteiger partial charge in [-0.05, 0) is 11.6 Å². The minimum absolute atomic E-state index is 0.187. The third-order valence-electron chi connectivity index (χ3n) is 2.63. The Morgan fingerprint density at radius 2 is 2.20 bits per heavy atom. The van der Waals surface area contributed by atoms with Crippen LogP contribution in [0.1, 0.15) is 12.5 Å². The summed E-state index contributed by atoms with van der Waals surface area (Å²) in [5.41, 5.74) is 5.20. The van der Waals surface area contributed by atoms with Crippen LogP contribution in [0.25, 0.3) is 0 Å². The molecule has 84 valence electrons. The summed E-state index contributed by atoms with van der Waals surface area (Å²) in [7, 11) is 1.47. The van der Waals surface area contributed by atoms with Crippen LogP contribution in [-0.4, -0.2) is 25.4 Å². The number of ether oxygens (including phenoxy) is 1. The number of benzene rings is 1. The van der Waals surface area contributed by atoms with Crippen molar-refractivity contribution in [2.45, 2.75) is 12.3 Å². The molecule has 0 bridgehead atoms. The van der Waals surface area contributed by atoms with Crippen LogP contribution in [0.2, 0.25) is 0 Å². The second-order valence-electron chi connectivity index (χ2n) is 3.77. The average molecular weight is 213 g/mol. The highest BCUT2D eigenvalue weighted by Crippen LogP contribution is 2.27. The van der Waals surface area contributed by atoms with Crippen molar-refractivity contribution in [2.24, 2.45) is 5.73 Å². The molecule has 15 heavy (non-hydrogen) atoms. The molecule has 1 aromatic carbocycles. The largest absolute Gasteiger partial charge is 0.497 e. The Labute approximate surface area is 88.7 Å². The first kappa shape index (κ1) is 11.9. The van der Waals surface area contributed by atoms with Gasteiger partial charge in [0, 0.05) is 18.0 Å². The van der Waals surface area contributed by atoms with Crippen molar-refractivity contribution < 1.29 is 14.2 Å². The zero-order valence-corrected chi connectivity index (χ0v) is 8.96. The van der Waals surface area contributed by atoms with Crippen molar-refractivity contribution in [1.82, 2.24) is 0 Å². The Kier molecular flexibility index (Phi) is 3.66. The Hall–Kier alpha value is -1.13. The number of rotatable bonds is 4. The summed E-state index contributed by atoms with van der Waals surface area (Å²) in [5, 5.41) is 9.21. The summed E-state index contributed by atoms with van der Waals surface area (Å²) in [6.45, 7) is 1.72. The summed E-state index contributed by atoms with van der Waals surface area (Å²) in [5.74, 6) is 0.0462. The number of nitrogens with two attached hydrogens (primary N) is 1. The molecule has 1 rings (SSSR count). The van der Waals surface area contributed by atoms with E-state index in [4.69, 9.17) is 10.5 Å². The highest BCUT2D eigenvalue weighted by molar-refractivity contribution is 5.34. The molecular formula is C11H16FNO2. The van der Waals surface area contributed by atoms with E-state index in [1.807, 2.05) is 0 Å². The van der Waals surface area contributed by atoms with Gasteiger partial charge in [0.05, 0.1) is 13.7 Å². The monoisotopic (exact) mass is 213 g/mol. The third kappa shape index (κ3) is 2.27. The summed E-state index contributed by atoms with van der Waals surface area (Å²) < 4.78 is 18.6. The molecule has 1 atom stereocenters. The summed E-state index contributed by atoms with van der Waals surface area (Å²) in [6.07, 6.45) is 0. The fraction of sp³-hybridized carbons (Fsp3) is 0.455. The molecule has 1 aromatic rings. The van der Waals surface area contributed by atoms with Crippen molar-refractivity contribution in [2.75, 3.05) is 20.3 Å². The first-order valence-electron chi connectivity index (χ1n) is 4.72. The average Bonchev–Trinajstić information content (AvgIpc) is 2.27. The zero-order valence-electron chi connectivity index (χ0n) is 8.96. The summed E-state index contributed by atoms with van der Waals surface area (Å²) in [6, 6.07) is 4.54. The fourth-order valence-electron chi connectivity index (χ4n) is 1.37. The molecule has 1 unspecified atom stereocenters. The normalized spacial score (nSPS) is 14.7. The molecule has 0 heterocycles. The van der Waals surface area contributed by atoms with Gasteiger partial charge in [-0.3, -0.25) is 0 Å². The predicted molar refractivity (Wildman–Crippen MR) is 56.4 cm³/mol. The molecule has 0 aromatic heterocycles. The molecule has 0 fully saturated rings. The molecule has 0 aliphatic rings. The van der Waals surface area contributed by atoms with Gasteiger partial charge in [-0.15, -0.1) is 0 Å². The standard InChI is InChI=1S/C11H16FNO2/c1-11(6-13,7-14)9-4-3-8(15-2)5-10(9)12/h3-5,14H,6-7,13H2,1-2H3. The Bertz CT molecular complexity index is 337. The van der Waals surface area contributed by atoms with E-state index >= 15 is 0 Å². The van der Waals surface area contributed by atoms with Crippen LogP contribution in [0.3, 0.4) is 0 Å². The fourth-order valence-corrected chi connectivity index (χ4v) is 1.37. The molecule has 4 heteroatoms. The third-order valence-corrected chi connectivity index (χ3v) is 2.63. The predicted octanol–water partition coefficient (Wildman–Crippen LogP) is 1.04. The van der Waals surface area contributed by atoms with Crippen LogP contribution in [-0.2, 0) is 5.41 Å². The van der Waals surface area contributed by atoms with E-state index in [1.165, 1.54) is 13.2 Å². The molecular weight excluding hydrogens is 197 g/mol. The van der Waals surface area contributed by atoms with Crippen molar-refractivity contribution >= 4 is 0 Å². The number of hydrogen-bond acceptors (Lipinski definition) is 3. The van der Waals surface area contributed by atoms with E-state index in [0.29, 0.717) is 11.3 Å². The van der Waals surface area contributed by atoms with E-state index in [2.05, 4.69) is 0 Å². The lowest BCUT2D eigenvalue weighted by Crippen LogP contribution is -2.36. The van der Waals surface area contributed by atoms with Gasteiger partial charge >= 0.3 is 0 Å². The molecule has 0 saturated carbocycles. The van der Waals surface area contributed by atoms with Crippen LogP contribution in [0.5, 0.6) is 5.75 Å². The van der Waals surface area contributed by atoms with Crippen LogP contribution in [0.15, 0.2) is 18.2 Å². The smallest absolute Gasteiger partial charge is 0.130 e. The van der Waals surface area contributed by atoms with Crippen molar-refractivity contribution in [1.29, 1.82) is 0 Å². The Balaban J connectivity index is 3.14. The molecule has 3 N–H and O–H groups in total. The second-order valence-corrected chi connectivity index (χ2v) is 3.77. The molecule has 0 amide bonds. The molecule has 0 saturated heterocycles. The van der Waals surface area contributed by atoms with Gasteiger partial charge in [0.2, 0.25) is 0 Å². The van der Waals surface area contributed by atoms with Gasteiger partial charge < -0.3 is 15.6 Å². The van der Waals surface area contributed by atoms with E-state index in [1.54, 1.807) is 19.1 Å². The molecule has 0 aliphatic heterocycles. The number of halogens is 1. The van der Waals surface area contributed by atoms with Crippen molar-refractivity contribution in [3.8, 4) is 5.75 Å². The number of methoxy groups -OCH3 is 1. The van der Waals surface area contributed by atoms with Crippen molar-refractivity contribution in [3.63, 3.8) is 0 Å². The van der Waals surface area contributed by atoms with E-state index < -0.39 is 11.2 Å². The maximum Gasteiger partial charge on any atom is 0.130 e. The van der Waals surface area contributed by atoms with Crippen molar-refractivity contribution in [3.05, 3.63) is 29.6 Å². The van der Waals surface area contributed by atoms with E-state index in [-0.39, 0.29) is 13.2 Å². The quantitative estimate of drug-likeness (QED) is 0.785. The summed E-state index contributed by atoms with van der Waals surface area (Å²) >= 11 is 0. The SMILES string of the molecule is COc1ccc(C(C)(CN)CO)c(F)c1. The van der Waals surface area contributed by atoms with E-state index in [9.17, 15) is 9.50 Å². The first-order valence-corrected chi connectivity index (χ1v) is 4.72. The minimum atomic E-state index is -0.740. The van der Waals surface area contributed by atoms with Crippen LogP contribution in [0, 0.1) is 5.82 Å². The molecule has 0 spiro atoms. The molecule has 0 radical (unpaired) electrons. The minimum Gasteiger partial charge on any atom is -0.497 e. The highest BCUT2D eigenvalue weighted by atomic mass is 19.1. The van der Waals surface area contributed by atoms with Gasteiger partial charge in [0.15, 0.2) is 0 Å². The first-order chi connectivity index (χ1) is 7.07. The number of hydrogen-bond donors (Lipinski definition) is 2. The topological polar surface area (TPSA) is 55.5 Å². The lowest BCUT2D eigenvalue weighted by Gasteiger charge is -2.26. The zero-order chi connectivity index (χ0) is 11.5. The van der Waals surface area contributed by atoms with Gasteiger partial charge in [-0.1, -0.05) is 13.0 Å².